The number of rotatable bonds is 6. The summed E-state index contributed by atoms with van der Waals surface area (Å²) in [6.07, 6.45) is 9.17. The van der Waals surface area contributed by atoms with Gasteiger partial charge in [-0.05, 0) is 79.5 Å². The van der Waals surface area contributed by atoms with Gasteiger partial charge in [-0.15, -0.1) is 11.3 Å². The lowest BCUT2D eigenvalue weighted by Crippen LogP contribution is -2.34. The third kappa shape index (κ3) is 4.00. The molecular formula is C31H35NO2S2. The third-order valence-electron chi connectivity index (χ3n) is 8.33. The van der Waals surface area contributed by atoms with Crippen molar-refractivity contribution in [2.24, 2.45) is 5.92 Å². The molecule has 3 nitrogen and oxygen atoms in total. The van der Waals surface area contributed by atoms with Gasteiger partial charge in [-0.2, -0.15) is 4.31 Å². The summed E-state index contributed by atoms with van der Waals surface area (Å²) >= 11 is 1.89. The molecule has 6 rings (SSSR count). The van der Waals surface area contributed by atoms with Gasteiger partial charge in [0, 0.05) is 26.7 Å². The second-order valence-electron chi connectivity index (χ2n) is 10.7. The number of benzene rings is 3. The van der Waals surface area contributed by atoms with Crippen LogP contribution in [0.2, 0.25) is 0 Å². The Balaban J connectivity index is 1.57. The average molecular weight is 518 g/mol. The van der Waals surface area contributed by atoms with Crippen molar-refractivity contribution in [3.8, 4) is 0 Å². The summed E-state index contributed by atoms with van der Waals surface area (Å²) < 4.78 is 32.9. The van der Waals surface area contributed by atoms with E-state index in [2.05, 4.69) is 37.3 Å². The molecule has 0 spiro atoms. The Bertz CT molecular complexity index is 1510. The maximum atomic E-state index is 14.2. The minimum Gasteiger partial charge on any atom is -0.207 e. The molecule has 36 heavy (non-hydrogen) atoms. The minimum absolute atomic E-state index is 0.0620. The third-order valence-corrected chi connectivity index (χ3v) is 11.4. The Morgan fingerprint density at radius 2 is 1.72 bits per heavy atom. The molecule has 0 unspecified atom stereocenters. The highest BCUT2D eigenvalue weighted by Crippen LogP contribution is 2.51. The van der Waals surface area contributed by atoms with Crippen LogP contribution in [0.15, 0.2) is 59.5 Å². The normalized spacial score (nSPS) is 19.3. The van der Waals surface area contributed by atoms with E-state index in [1.807, 2.05) is 34.7 Å². The van der Waals surface area contributed by atoms with Crippen LogP contribution in [0, 0.1) is 12.8 Å². The maximum Gasteiger partial charge on any atom is 0.243 e. The van der Waals surface area contributed by atoms with Gasteiger partial charge in [0.05, 0.1) is 10.9 Å². The van der Waals surface area contributed by atoms with E-state index >= 15 is 0 Å². The largest absolute Gasteiger partial charge is 0.243 e. The van der Waals surface area contributed by atoms with E-state index in [-0.39, 0.29) is 6.04 Å². The fourth-order valence-electron chi connectivity index (χ4n) is 6.51. The van der Waals surface area contributed by atoms with E-state index in [0.717, 1.165) is 37.7 Å². The molecule has 2 heterocycles. The summed E-state index contributed by atoms with van der Waals surface area (Å²) in [6, 6.07) is 18.4. The van der Waals surface area contributed by atoms with Gasteiger partial charge in [-0.1, -0.05) is 68.5 Å². The topological polar surface area (TPSA) is 37.4 Å². The molecule has 5 heteroatoms. The first-order chi connectivity index (χ1) is 17.5. The first-order valence-corrected chi connectivity index (χ1v) is 15.8. The highest BCUT2D eigenvalue weighted by atomic mass is 32.2. The molecule has 0 N–H and O–H groups in total. The summed E-state index contributed by atoms with van der Waals surface area (Å²) in [5.41, 5.74) is 5.06. The first kappa shape index (κ1) is 24.1. The number of sulfonamides is 1. The molecule has 4 aromatic rings. The number of unbranched alkanes of at least 4 members (excludes halogenated alkanes) is 1. The summed E-state index contributed by atoms with van der Waals surface area (Å²) in [7, 11) is -3.61. The van der Waals surface area contributed by atoms with Crippen molar-refractivity contribution in [2.45, 2.75) is 82.7 Å². The lowest BCUT2D eigenvalue weighted by atomic mass is 9.79. The number of nitrogens with zero attached hydrogens (tertiary/aromatic N) is 1. The van der Waals surface area contributed by atoms with Crippen LogP contribution in [0.25, 0.3) is 20.2 Å². The number of hydrogen-bond donors (Lipinski definition) is 0. The average Bonchev–Trinajstić information content (AvgIpc) is 3.47. The van der Waals surface area contributed by atoms with E-state index < -0.39 is 10.0 Å². The van der Waals surface area contributed by atoms with Crippen molar-refractivity contribution in [3.05, 3.63) is 76.9 Å². The standard InChI is InChI=1S/C31H35NO2S2/c1-3-4-12-26-29-23(19-27-25-13-8-9-14-28(25)35-31(26)27)20-32(30(29)22-10-6-5-7-11-22)36(33,34)24-17-15-21(2)16-18-24/h8-9,13-19,22,30H,3-7,10-12,20H2,1-2H3/t30-/m1/s1. The van der Waals surface area contributed by atoms with Crippen LogP contribution < -0.4 is 0 Å². The van der Waals surface area contributed by atoms with Crippen molar-refractivity contribution < 1.29 is 8.42 Å². The molecule has 1 aromatic heterocycles. The molecule has 2 aliphatic rings. The van der Waals surface area contributed by atoms with Gasteiger partial charge in [0.15, 0.2) is 0 Å². The lowest BCUT2D eigenvalue weighted by Gasteiger charge is -2.35. The van der Waals surface area contributed by atoms with Gasteiger partial charge in [0.25, 0.3) is 0 Å². The van der Waals surface area contributed by atoms with Crippen molar-refractivity contribution in [3.63, 3.8) is 0 Å². The molecule has 0 amide bonds. The summed E-state index contributed by atoms with van der Waals surface area (Å²) in [6.45, 7) is 4.73. The molecule has 3 aromatic carbocycles. The van der Waals surface area contributed by atoms with Gasteiger partial charge in [0.2, 0.25) is 10.0 Å². The molecule has 188 valence electrons. The first-order valence-electron chi connectivity index (χ1n) is 13.5. The highest BCUT2D eigenvalue weighted by molar-refractivity contribution is 7.89. The predicted molar refractivity (Wildman–Crippen MR) is 151 cm³/mol. The minimum atomic E-state index is -3.61. The smallest absolute Gasteiger partial charge is 0.207 e. The van der Waals surface area contributed by atoms with E-state index in [0.29, 0.717) is 17.4 Å². The SMILES string of the molecule is CCCCc1c2c(cc3c1sc1ccccc13)CN(S(=O)(=O)c1ccc(C)cc1)[C@@H]2C1CCCCC1. The Hall–Kier alpha value is -2.21. The van der Waals surface area contributed by atoms with Gasteiger partial charge < -0.3 is 0 Å². The van der Waals surface area contributed by atoms with Crippen molar-refractivity contribution in [1.82, 2.24) is 4.31 Å². The number of thiophene rings is 1. The zero-order valence-electron chi connectivity index (χ0n) is 21.3. The summed E-state index contributed by atoms with van der Waals surface area (Å²) in [5.74, 6) is 0.382. The molecule has 1 atom stereocenters. The van der Waals surface area contributed by atoms with Crippen LogP contribution in [0.4, 0.5) is 0 Å². The molecule has 0 bridgehead atoms. The number of aryl methyl sites for hydroxylation is 2. The van der Waals surface area contributed by atoms with E-state index in [1.54, 1.807) is 12.1 Å². The predicted octanol–water partition coefficient (Wildman–Crippen LogP) is 8.53. The Kier molecular flexibility index (Phi) is 6.43. The van der Waals surface area contributed by atoms with E-state index in [9.17, 15) is 8.42 Å². The second-order valence-corrected chi connectivity index (χ2v) is 13.7. The van der Waals surface area contributed by atoms with Crippen molar-refractivity contribution >= 4 is 41.5 Å². The van der Waals surface area contributed by atoms with Crippen LogP contribution in [0.3, 0.4) is 0 Å². The van der Waals surface area contributed by atoms with Crippen molar-refractivity contribution in [1.29, 1.82) is 0 Å². The quantitative estimate of drug-likeness (QED) is 0.257. The molecule has 1 aliphatic carbocycles. The summed E-state index contributed by atoms with van der Waals surface area (Å²) in [5, 5.41) is 2.60. The highest BCUT2D eigenvalue weighted by Gasteiger charge is 2.44. The van der Waals surface area contributed by atoms with Crippen LogP contribution in [0.1, 0.15) is 80.2 Å². The van der Waals surface area contributed by atoms with Crippen LogP contribution in [-0.2, 0) is 23.0 Å². The Morgan fingerprint density at radius 3 is 2.47 bits per heavy atom. The fourth-order valence-corrected chi connectivity index (χ4v) is 9.42. The maximum absolute atomic E-state index is 14.2. The van der Waals surface area contributed by atoms with E-state index in [1.165, 1.54) is 56.1 Å². The van der Waals surface area contributed by atoms with E-state index in [4.69, 9.17) is 0 Å². The molecule has 1 fully saturated rings. The molecule has 1 aliphatic heterocycles. The molecular weight excluding hydrogens is 482 g/mol. The fraction of sp³-hybridized carbons (Fsp3) is 0.419. The van der Waals surface area contributed by atoms with Gasteiger partial charge in [-0.25, -0.2) is 8.42 Å². The zero-order chi connectivity index (χ0) is 24.9. The van der Waals surface area contributed by atoms with Crippen molar-refractivity contribution in [2.75, 3.05) is 0 Å². The van der Waals surface area contributed by atoms with Gasteiger partial charge in [-0.3, -0.25) is 0 Å². The molecule has 1 saturated carbocycles. The van der Waals surface area contributed by atoms with Crippen LogP contribution in [0.5, 0.6) is 0 Å². The van der Waals surface area contributed by atoms with Gasteiger partial charge in [0.1, 0.15) is 0 Å². The lowest BCUT2D eigenvalue weighted by molar-refractivity contribution is 0.207. The number of fused-ring (bicyclic) bond motifs is 4. The summed E-state index contributed by atoms with van der Waals surface area (Å²) in [4.78, 5) is 0.420. The zero-order valence-corrected chi connectivity index (χ0v) is 22.9. The monoisotopic (exact) mass is 517 g/mol. The number of hydrogen-bond acceptors (Lipinski definition) is 3. The molecule has 0 saturated heterocycles. The second kappa shape index (κ2) is 9.59. The Labute approximate surface area is 219 Å². The van der Waals surface area contributed by atoms with Crippen LogP contribution in [-0.4, -0.2) is 12.7 Å². The Morgan fingerprint density at radius 1 is 0.972 bits per heavy atom. The van der Waals surface area contributed by atoms with Gasteiger partial charge >= 0.3 is 0 Å². The van der Waals surface area contributed by atoms with Crippen LogP contribution >= 0.6 is 11.3 Å². The molecule has 0 radical (unpaired) electrons.